The minimum absolute atomic E-state index is 0.0829. The fourth-order valence-corrected chi connectivity index (χ4v) is 24.8. The molecule has 1 aliphatic heterocycles. The van der Waals surface area contributed by atoms with Crippen molar-refractivity contribution in [2.24, 2.45) is 173 Å². The largest absolute Gasteiger partial charge is 0.493 e. The molecule has 0 radical (unpaired) electrons. The Morgan fingerprint density at radius 1 is 0.696 bits per heavy atom. The van der Waals surface area contributed by atoms with Gasteiger partial charge >= 0.3 is 5.97 Å². The molecule has 79 heavy (non-hydrogen) atoms. The van der Waals surface area contributed by atoms with Crippen LogP contribution in [0.1, 0.15) is 70.6 Å². The zero-order valence-electron chi connectivity index (χ0n) is 46.0. The molecular weight excluding hydrogens is 993 g/mol. The molecule has 3 aromatic carbocycles. The minimum Gasteiger partial charge on any atom is -0.493 e. The average molecular weight is 1070 g/mol. The van der Waals surface area contributed by atoms with Crippen molar-refractivity contribution in [1.29, 1.82) is 0 Å². The molecule has 14 aliphatic rings. The number of amides is 2. The fourth-order valence-electron chi connectivity index (χ4n) is 24.8. The molecule has 13 saturated carbocycles. The first-order valence-corrected chi connectivity index (χ1v) is 30.7. The van der Waals surface area contributed by atoms with Crippen LogP contribution in [0.5, 0.6) is 11.5 Å². The van der Waals surface area contributed by atoms with Crippen LogP contribution in [0.2, 0.25) is 0 Å². The lowest BCUT2D eigenvalue weighted by molar-refractivity contribution is -0.527. The van der Waals surface area contributed by atoms with E-state index in [0.717, 1.165) is 176 Å². The second-order valence-corrected chi connectivity index (χ2v) is 28.4. The number of hydrogen-bond donors (Lipinski definition) is 1. The number of fused-ring (bicyclic) bond motifs is 39. The smallest absolute Gasteiger partial charge is 0.306 e. The van der Waals surface area contributed by atoms with Gasteiger partial charge in [-0.15, -0.1) is 5.10 Å². The van der Waals surface area contributed by atoms with E-state index in [9.17, 15) is 24.5 Å². The lowest BCUT2D eigenvalue weighted by Crippen LogP contribution is -2.96. The molecule has 0 bridgehead atoms. The summed E-state index contributed by atoms with van der Waals surface area (Å²) >= 11 is 0. The summed E-state index contributed by atoms with van der Waals surface area (Å²) < 4.78 is 19.5. The number of ether oxygens (including phenoxy) is 3. The van der Waals surface area contributed by atoms with Gasteiger partial charge < -0.3 is 24.4 Å². The van der Waals surface area contributed by atoms with Gasteiger partial charge in [-0.2, -0.15) is 0 Å². The second-order valence-electron chi connectivity index (χ2n) is 28.4. The number of aryl methyl sites for hydroxylation is 1. The van der Waals surface area contributed by atoms with E-state index >= 15 is 0 Å². The summed E-state index contributed by atoms with van der Waals surface area (Å²) in [5, 5.41) is 24.2. The Bertz CT molecular complexity index is 3370. The van der Waals surface area contributed by atoms with E-state index in [1.807, 2.05) is 55.6 Å². The Morgan fingerprint density at radius 2 is 1.23 bits per heavy atom. The molecule has 1 aromatic heterocycles. The highest BCUT2D eigenvalue weighted by Gasteiger charge is 2.96. The van der Waals surface area contributed by atoms with E-state index in [1.165, 1.54) is 13.2 Å². The van der Waals surface area contributed by atoms with Gasteiger partial charge in [-0.1, -0.05) is 68.4 Å². The maximum Gasteiger partial charge on any atom is 0.306 e. The molecule has 13 aliphatic carbocycles. The zero-order valence-corrected chi connectivity index (χ0v) is 46.0. The molecule has 0 saturated heterocycles. The highest BCUT2D eigenvalue weighted by molar-refractivity contribution is 6.00. The maximum absolute atomic E-state index is 13.9. The second kappa shape index (κ2) is 15.8. The molecule has 14 heteroatoms. The summed E-state index contributed by atoms with van der Waals surface area (Å²) in [7, 11) is 3.34. The standard InChI is InChI=1S/C65H72N6O8/c1-24-25(2)41-40(24)44-45(41)49-48(44)52-53(49)57-56(52)60-61(57)63-59-55-51-47-43-31(26(3)42(43)46(47)50(51)54(55)58(59)62(60)63)21-39(74)79-27(4)32-20-35(77-6)36(22-34(32)71(75)76)78-19-11-16-37(72)66-18-17-38(73)70-23-28-12-7-8-13-29(28)65-64(67-68-69(65)5)30-14-9-10-15-33(30)70/h7-10,12-15,20,22,24-27,31,40-63H,11,16-19,21,23H2,1-6H3,(H,66,72). The molecule has 0 spiro atoms. The lowest BCUT2D eigenvalue weighted by Gasteiger charge is -2.99. The number of esters is 1. The van der Waals surface area contributed by atoms with Crippen LogP contribution in [0, 0.1) is 176 Å². The Labute approximate surface area is 461 Å². The molecule has 18 rings (SSSR count). The van der Waals surface area contributed by atoms with E-state index in [4.69, 9.17) is 14.2 Å². The summed E-state index contributed by atoms with van der Waals surface area (Å²) in [5.41, 5.74) is 5.09. The van der Waals surface area contributed by atoms with Crippen LogP contribution in [0.4, 0.5) is 11.4 Å². The number of anilines is 1. The summed E-state index contributed by atoms with van der Waals surface area (Å²) in [6, 6.07) is 18.5. The van der Waals surface area contributed by atoms with Gasteiger partial charge in [-0.05, 0) is 197 Å². The number of nitro benzene ring substituents is 1. The van der Waals surface area contributed by atoms with Crippen molar-refractivity contribution in [2.75, 3.05) is 25.2 Å². The molecule has 2 amide bonds. The minimum atomic E-state index is -0.859. The quantitative estimate of drug-likeness (QED) is 0.0422. The summed E-state index contributed by atoms with van der Waals surface area (Å²) in [6.07, 6.45) is 0.0387. The third-order valence-corrected chi connectivity index (χ3v) is 27.2. The van der Waals surface area contributed by atoms with E-state index < -0.39 is 11.0 Å². The lowest BCUT2D eigenvalue weighted by atomic mass is 9.05. The fraction of sp³-hybridized carbons (Fsp3) is 0.646. The molecule has 410 valence electrons. The van der Waals surface area contributed by atoms with Crippen LogP contribution in [0.3, 0.4) is 0 Å². The van der Waals surface area contributed by atoms with Crippen LogP contribution in [0.15, 0.2) is 60.7 Å². The van der Waals surface area contributed by atoms with E-state index in [1.54, 1.807) is 22.6 Å². The van der Waals surface area contributed by atoms with Gasteiger partial charge in [0.2, 0.25) is 11.8 Å². The van der Waals surface area contributed by atoms with Crippen LogP contribution < -0.4 is 19.7 Å². The first kappa shape index (κ1) is 46.9. The van der Waals surface area contributed by atoms with Crippen molar-refractivity contribution >= 4 is 29.2 Å². The number of nitrogens with one attached hydrogen (secondary N) is 1. The van der Waals surface area contributed by atoms with E-state index in [0.29, 0.717) is 42.8 Å². The van der Waals surface area contributed by atoms with Gasteiger partial charge in [-0.25, -0.2) is 4.68 Å². The molecule has 29 atom stereocenters. The van der Waals surface area contributed by atoms with Gasteiger partial charge in [0.05, 0.1) is 48.2 Å². The maximum atomic E-state index is 13.9. The summed E-state index contributed by atoms with van der Waals surface area (Å²) in [5.74, 6) is 27.7. The van der Waals surface area contributed by atoms with Crippen LogP contribution in [-0.4, -0.2) is 58.0 Å². The van der Waals surface area contributed by atoms with Crippen LogP contribution in [-0.2, 0) is 32.7 Å². The topological polar surface area (TPSA) is 168 Å². The number of aromatic nitrogens is 3. The van der Waals surface area contributed by atoms with Gasteiger partial charge in [0.15, 0.2) is 11.5 Å². The van der Waals surface area contributed by atoms with Gasteiger partial charge in [0, 0.05) is 44.0 Å². The third-order valence-electron chi connectivity index (χ3n) is 27.2. The van der Waals surface area contributed by atoms with Crippen molar-refractivity contribution < 1.29 is 33.5 Å². The molecule has 29 unspecified atom stereocenters. The number of nitro groups is 1. The molecule has 4 aromatic rings. The normalized spacial score (nSPS) is 46.0. The van der Waals surface area contributed by atoms with Gasteiger partial charge in [0.1, 0.15) is 11.8 Å². The van der Waals surface area contributed by atoms with Crippen molar-refractivity contribution in [1.82, 2.24) is 20.3 Å². The van der Waals surface area contributed by atoms with Crippen molar-refractivity contribution in [3.05, 3.63) is 81.9 Å². The average Bonchev–Trinajstić information content (AvgIpc) is 0.748. The van der Waals surface area contributed by atoms with Gasteiger partial charge in [-0.3, -0.25) is 24.5 Å². The monoisotopic (exact) mass is 1060 g/mol. The van der Waals surface area contributed by atoms with Crippen molar-refractivity contribution in [3.63, 3.8) is 0 Å². The number of hydrogen-bond acceptors (Lipinski definition) is 10. The Kier molecular flexibility index (Phi) is 9.38. The highest BCUT2D eigenvalue weighted by Crippen LogP contribution is 2.99. The Hall–Kier alpha value is -5.79. The molecular formula is C65H72N6O8. The highest BCUT2D eigenvalue weighted by atomic mass is 16.6. The number of para-hydroxylation sites is 1. The van der Waals surface area contributed by atoms with E-state index in [-0.39, 0.29) is 66.5 Å². The molecule has 14 nitrogen and oxygen atoms in total. The SMILES string of the molecule is COc1cc(C(C)OC(=O)CC2C(C)C3C2C2C3C3C2C2C3C3C2C2C4C5C6C7C8C9C(C)C(C)C9C8C7C6C5C4C32)c([N+](=O)[O-])cc1OCCCC(=O)NCCC(=O)N1Cc2ccccc2-c2c(nnn2C)-c2ccccc21. The third kappa shape index (κ3) is 5.42. The summed E-state index contributed by atoms with van der Waals surface area (Å²) in [6.45, 7) is 9.81. The first-order chi connectivity index (χ1) is 38.4. The predicted octanol–water partition coefficient (Wildman–Crippen LogP) is 9.76. The molecule has 13 fully saturated rings. The van der Waals surface area contributed by atoms with Crippen LogP contribution >= 0.6 is 0 Å². The first-order valence-electron chi connectivity index (χ1n) is 30.7. The zero-order chi connectivity index (χ0) is 53.2. The Morgan fingerprint density at radius 3 is 1.81 bits per heavy atom. The Balaban J connectivity index is 0.468. The summed E-state index contributed by atoms with van der Waals surface area (Å²) in [4.78, 5) is 54.6. The number of carbonyl (C=O) groups excluding carboxylic acids is 3. The number of rotatable bonds is 14. The number of methoxy groups -OCH3 is 1. The number of benzene rings is 3. The van der Waals surface area contributed by atoms with Crippen LogP contribution in [0.25, 0.3) is 22.5 Å². The van der Waals surface area contributed by atoms with Gasteiger partial charge in [0.25, 0.3) is 5.69 Å². The predicted molar refractivity (Wildman–Crippen MR) is 289 cm³/mol. The van der Waals surface area contributed by atoms with E-state index in [2.05, 4.69) is 36.4 Å². The number of carbonyl (C=O) groups is 3. The molecule has 1 N–H and O–H groups in total. The van der Waals surface area contributed by atoms with Crippen molar-refractivity contribution in [2.45, 2.75) is 66.0 Å². The van der Waals surface area contributed by atoms with Crippen molar-refractivity contribution in [3.8, 4) is 34.0 Å². The molecule has 2 heterocycles. The number of nitrogens with zero attached hydrogens (tertiary/aromatic N) is 5.